The largest absolute Gasteiger partial charge is 0.549 e. The molecule has 0 bridgehead atoms. The van der Waals surface area contributed by atoms with Crippen LogP contribution in [-0.2, 0) is 9.59 Å². The highest BCUT2D eigenvalue weighted by atomic mass is 16.4. The normalized spacial score (nSPS) is 14.4. The number of Topliss-reactive ketones (excluding diaryl/α,β-unsaturated/α-hetero) is 1. The molecule has 0 radical (unpaired) electrons. The van der Waals surface area contributed by atoms with Crippen LogP contribution in [0.4, 0.5) is 0 Å². The van der Waals surface area contributed by atoms with Crippen molar-refractivity contribution >= 4 is 11.8 Å². The average Bonchev–Trinajstić information content (AvgIpc) is 2.63. The Labute approximate surface area is 184 Å². The van der Waals surface area contributed by atoms with Crippen molar-refractivity contribution in [2.75, 3.05) is 27.7 Å². The van der Waals surface area contributed by atoms with Gasteiger partial charge in [-0.1, -0.05) is 56.9 Å². The van der Waals surface area contributed by atoms with E-state index in [2.05, 4.69) is 25.2 Å². The molecule has 5 heteroatoms. The van der Waals surface area contributed by atoms with Gasteiger partial charge in [-0.05, 0) is 44.9 Å². The summed E-state index contributed by atoms with van der Waals surface area (Å²) in [6.07, 6.45) is 20.1. The van der Waals surface area contributed by atoms with Crippen molar-refractivity contribution in [2.45, 2.75) is 90.1 Å². The zero-order valence-electron chi connectivity index (χ0n) is 19.8. The molecular formula is C25H45NO4. The van der Waals surface area contributed by atoms with Gasteiger partial charge in [0.25, 0.3) is 0 Å². The summed E-state index contributed by atoms with van der Waals surface area (Å²) in [4.78, 5) is 23.5. The highest BCUT2D eigenvalue weighted by molar-refractivity contribution is 5.98. The van der Waals surface area contributed by atoms with Gasteiger partial charge in [0.05, 0.1) is 33.0 Å². The van der Waals surface area contributed by atoms with Gasteiger partial charge in [0.15, 0.2) is 0 Å². The molecule has 0 saturated carbocycles. The first-order valence-corrected chi connectivity index (χ1v) is 11.7. The van der Waals surface area contributed by atoms with Crippen LogP contribution in [-0.4, -0.2) is 55.1 Å². The number of allylic oxidation sites excluding steroid dienone is 4. The second-order valence-electron chi connectivity index (χ2n) is 9.27. The Hall–Kier alpha value is -1.46. The number of aliphatic hydroxyl groups excluding tert-OH is 1. The highest BCUT2D eigenvalue weighted by Gasteiger charge is 2.31. The smallest absolute Gasteiger partial charge is 0.144 e. The quantitative estimate of drug-likeness (QED) is 0.148. The molecule has 0 aliphatic carbocycles. The number of quaternary nitrogens is 1. The van der Waals surface area contributed by atoms with Crippen LogP contribution in [0, 0.1) is 5.92 Å². The van der Waals surface area contributed by atoms with Gasteiger partial charge in [-0.15, -0.1) is 0 Å². The van der Waals surface area contributed by atoms with Crippen LogP contribution < -0.4 is 5.11 Å². The van der Waals surface area contributed by atoms with E-state index in [9.17, 15) is 19.8 Å². The minimum atomic E-state index is -1.49. The summed E-state index contributed by atoms with van der Waals surface area (Å²) in [5.41, 5.74) is 0. The van der Waals surface area contributed by atoms with Crippen molar-refractivity contribution in [1.82, 2.24) is 0 Å². The van der Waals surface area contributed by atoms with E-state index in [0.29, 0.717) is 10.9 Å². The second kappa shape index (κ2) is 17.2. The Morgan fingerprint density at radius 1 is 0.833 bits per heavy atom. The molecule has 0 aromatic heterocycles. The minimum Gasteiger partial charge on any atom is -0.549 e. The Kier molecular flexibility index (Phi) is 16.4. The van der Waals surface area contributed by atoms with Crippen LogP contribution in [0.3, 0.4) is 0 Å². The van der Waals surface area contributed by atoms with Crippen LogP contribution in [0.15, 0.2) is 24.3 Å². The number of ketones is 1. The van der Waals surface area contributed by atoms with Gasteiger partial charge in [-0.3, -0.25) is 4.79 Å². The maximum absolute atomic E-state index is 12.2. The van der Waals surface area contributed by atoms with Crippen LogP contribution in [0.5, 0.6) is 0 Å². The SMILES string of the molecule is CCCCC/C=C/CCCCCC/C=C/CCC(=O)C(C(=O)[O-])C(O)C[N+](C)(C)C. The molecule has 1 N–H and O–H groups in total. The summed E-state index contributed by atoms with van der Waals surface area (Å²) in [6.45, 7) is 2.42. The lowest BCUT2D eigenvalue weighted by Crippen LogP contribution is -2.51. The number of carboxylic acid groups (broad SMARTS) is 1. The van der Waals surface area contributed by atoms with Gasteiger partial charge in [-0.2, -0.15) is 0 Å². The minimum absolute atomic E-state index is 0.119. The Morgan fingerprint density at radius 2 is 1.30 bits per heavy atom. The lowest BCUT2D eigenvalue weighted by atomic mass is 9.93. The molecule has 2 unspecified atom stereocenters. The van der Waals surface area contributed by atoms with Crippen LogP contribution in [0.2, 0.25) is 0 Å². The molecule has 30 heavy (non-hydrogen) atoms. The summed E-state index contributed by atoms with van der Waals surface area (Å²) in [5, 5.41) is 21.4. The number of carbonyl (C=O) groups is 2. The predicted octanol–water partition coefficient (Wildman–Crippen LogP) is 3.80. The number of aliphatic carboxylic acids is 1. The summed E-state index contributed by atoms with van der Waals surface area (Å²) >= 11 is 0. The number of unbranched alkanes of at least 4 members (excludes halogenated alkanes) is 8. The van der Waals surface area contributed by atoms with Crippen molar-refractivity contribution in [1.29, 1.82) is 0 Å². The van der Waals surface area contributed by atoms with Crippen LogP contribution >= 0.6 is 0 Å². The fraction of sp³-hybridized carbons (Fsp3) is 0.760. The molecule has 2 atom stereocenters. The number of aliphatic hydroxyl groups is 1. The third-order valence-electron chi connectivity index (χ3n) is 5.08. The maximum atomic E-state index is 12.2. The third kappa shape index (κ3) is 16.3. The molecule has 0 aromatic rings. The topological polar surface area (TPSA) is 77.4 Å². The van der Waals surface area contributed by atoms with E-state index in [0.717, 1.165) is 12.8 Å². The summed E-state index contributed by atoms with van der Waals surface area (Å²) < 4.78 is 0.382. The van der Waals surface area contributed by atoms with Crippen molar-refractivity contribution in [3.63, 3.8) is 0 Å². The first-order valence-electron chi connectivity index (χ1n) is 11.7. The summed E-state index contributed by atoms with van der Waals surface area (Å²) in [7, 11) is 5.52. The first kappa shape index (κ1) is 28.5. The van der Waals surface area contributed by atoms with Crippen molar-refractivity contribution < 1.29 is 24.3 Å². The first-order chi connectivity index (χ1) is 14.2. The van der Waals surface area contributed by atoms with Crippen molar-refractivity contribution in [3.8, 4) is 0 Å². The van der Waals surface area contributed by atoms with E-state index in [1.165, 1.54) is 51.4 Å². The molecule has 0 fully saturated rings. The zero-order valence-corrected chi connectivity index (χ0v) is 19.8. The monoisotopic (exact) mass is 423 g/mol. The molecule has 0 heterocycles. The lowest BCUT2D eigenvalue weighted by Gasteiger charge is -2.30. The molecular weight excluding hydrogens is 378 g/mol. The molecule has 0 amide bonds. The summed E-state index contributed by atoms with van der Waals surface area (Å²) in [6, 6.07) is 0. The maximum Gasteiger partial charge on any atom is 0.144 e. The number of rotatable bonds is 19. The average molecular weight is 424 g/mol. The Balaban J connectivity index is 3.88. The number of carbonyl (C=O) groups excluding carboxylic acids is 2. The molecule has 0 saturated heterocycles. The van der Waals surface area contributed by atoms with E-state index in [-0.39, 0.29) is 13.0 Å². The Bertz CT molecular complexity index is 520. The fourth-order valence-electron chi connectivity index (χ4n) is 3.41. The number of hydrogen-bond donors (Lipinski definition) is 1. The molecule has 0 spiro atoms. The fourth-order valence-corrected chi connectivity index (χ4v) is 3.41. The number of hydrogen-bond acceptors (Lipinski definition) is 4. The predicted molar refractivity (Wildman–Crippen MR) is 122 cm³/mol. The lowest BCUT2D eigenvalue weighted by molar-refractivity contribution is -0.873. The molecule has 174 valence electrons. The Morgan fingerprint density at radius 3 is 1.73 bits per heavy atom. The number of carboxylic acids is 1. The molecule has 5 nitrogen and oxygen atoms in total. The van der Waals surface area contributed by atoms with Gasteiger partial charge >= 0.3 is 0 Å². The number of nitrogens with zero attached hydrogens (tertiary/aromatic N) is 1. The van der Waals surface area contributed by atoms with Gasteiger partial charge in [0.1, 0.15) is 18.4 Å². The van der Waals surface area contributed by atoms with Crippen molar-refractivity contribution in [3.05, 3.63) is 24.3 Å². The van der Waals surface area contributed by atoms with Gasteiger partial charge in [0, 0.05) is 6.42 Å². The summed E-state index contributed by atoms with van der Waals surface area (Å²) in [5.74, 6) is -3.39. The van der Waals surface area contributed by atoms with E-state index >= 15 is 0 Å². The van der Waals surface area contributed by atoms with Gasteiger partial charge < -0.3 is 19.5 Å². The van der Waals surface area contributed by atoms with Gasteiger partial charge in [0.2, 0.25) is 0 Å². The van der Waals surface area contributed by atoms with E-state index < -0.39 is 23.8 Å². The second-order valence-corrected chi connectivity index (χ2v) is 9.27. The zero-order chi connectivity index (χ0) is 22.8. The van der Waals surface area contributed by atoms with Crippen LogP contribution in [0.25, 0.3) is 0 Å². The van der Waals surface area contributed by atoms with E-state index in [1.807, 2.05) is 27.2 Å². The highest BCUT2D eigenvalue weighted by Crippen LogP contribution is 2.13. The van der Waals surface area contributed by atoms with E-state index in [4.69, 9.17) is 0 Å². The van der Waals surface area contributed by atoms with Gasteiger partial charge in [-0.25, -0.2) is 0 Å². The standard InChI is InChI=1S/C25H45NO4/c1-5-6-7-8-9-10-11-12-13-14-15-16-17-18-19-20-22(27)24(25(29)30)23(28)21-26(2,3)4/h9-10,17-18,23-24,28H,5-8,11-16,19-21H2,1-4H3/b10-9+,18-17+. The third-order valence-corrected chi connectivity index (χ3v) is 5.08. The molecule has 0 aromatic carbocycles. The molecule has 0 rings (SSSR count). The number of likely N-dealkylation sites (N-methyl/N-ethyl adjacent to an activating group) is 1. The molecule has 0 aliphatic heterocycles. The van der Waals surface area contributed by atoms with Crippen molar-refractivity contribution in [2.24, 2.45) is 5.92 Å². The van der Waals surface area contributed by atoms with Crippen LogP contribution in [0.1, 0.15) is 84.0 Å². The molecule has 0 aliphatic rings. The van der Waals surface area contributed by atoms with E-state index in [1.54, 1.807) is 0 Å².